The van der Waals surface area contributed by atoms with E-state index in [4.69, 9.17) is 5.73 Å². The molecule has 5 heteroatoms. The molecule has 3 rings (SSSR count). The Labute approximate surface area is 119 Å². The average Bonchev–Trinajstić information content (AvgIpc) is 2.65. The van der Waals surface area contributed by atoms with Gasteiger partial charge in [0.15, 0.2) is 0 Å². The van der Waals surface area contributed by atoms with Gasteiger partial charge >= 0.3 is 0 Å². The van der Waals surface area contributed by atoms with Crippen LogP contribution in [0.1, 0.15) is 17.2 Å². The first-order valence-corrected chi connectivity index (χ1v) is 6.71. The van der Waals surface area contributed by atoms with E-state index in [-0.39, 0.29) is 5.91 Å². The van der Waals surface area contributed by atoms with Gasteiger partial charge in [-0.25, -0.2) is 0 Å². The van der Waals surface area contributed by atoms with Gasteiger partial charge in [0.1, 0.15) is 6.04 Å². The molecule has 96 valence electrons. The molecule has 0 radical (unpaired) electrons. The fourth-order valence-electron chi connectivity index (χ4n) is 2.27. The number of nitrogens with two attached hydrogens (primary N) is 1. The van der Waals surface area contributed by atoms with E-state index in [1.807, 2.05) is 30.3 Å². The summed E-state index contributed by atoms with van der Waals surface area (Å²) < 4.78 is 0.931. The highest BCUT2D eigenvalue weighted by molar-refractivity contribution is 9.10. The molecule has 2 aromatic rings. The van der Waals surface area contributed by atoms with Gasteiger partial charge in [-0.3, -0.25) is 9.78 Å². The van der Waals surface area contributed by atoms with Crippen LogP contribution in [0, 0.1) is 0 Å². The monoisotopic (exact) mass is 317 g/mol. The Balaban J connectivity index is 1.98. The van der Waals surface area contributed by atoms with E-state index in [0.29, 0.717) is 6.54 Å². The van der Waals surface area contributed by atoms with Gasteiger partial charge in [-0.05, 0) is 35.9 Å². The van der Waals surface area contributed by atoms with Crippen molar-refractivity contribution < 1.29 is 4.79 Å². The zero-order valence-electron chi connectivity index (χ0n) is 10.1. The zero-order chi connectivity index (χ0) is 13.4. The van der Waals surface area contributed by atoms with Crippen molar-refractivity contribution in [1.29, 1.82) is 0 Å². The number of carbonyl (C=O) groups is 1. The van der Waals surface area contributed by atoms with Crippen LogP contribution in [-0.2, 0) is 11.3 Å². The maximum atomic E-state index is 12.2. The van der Waals surface area contributed by atoms with Gasteiger partial charge in [-0.2, -0.15) is 0 Å². The van der Waals surface area contributed by atoms with E-state index in [1.54, 1.807) is 17.3 Å². The van der Waals surface area contributed by atoms with Gasteiger partial charge in [0.05, 0.1) is 6.54 Å². The van der Waals surface area contributed by atoms with Crippen LogP contribution in [0.2, 0.25) is 0 Å². The number of halogens is 1. The molecular weight excluding hydrogens is 306 g/mol. The van der Waals surface area contributed by atoms with Crippen LogP contribution in [0.5, 0.6) is 0 Å². The Bertz CT molecular complexity index is 630. The lowest BCUT2D eigenvalue weighted by Gasteiger charge is -2.17. The van der Waals surface area contributed by atoms with Crippen molar-refractivity contribution in [1.82, 2.24) is 4.98 Å². The predicted octanol–water partition coefficient (Wildman–Crippen LogP) is 2.39. The maximum absolute atomic E-state index is 12.2. The normalized spacial score (nSPS) is 17.7. The molecule has 0 saturated carbocycles. The molecule has 1 aliphatic heterocycles. The summed E-state index contributed by atoms with van der Waals surface area (Å²) in [7, 11) is 0. The number of fused-ring (bicyclic) bond motifs is 1. The van der Waals surface area contributed by atoms with Crippen molar-refractivity contribution in [2.45, 2.75) is 12.6 Å². The van der Waals surface area contributed by atoms with E-state index in [0.717, 1.165) is 21.3 Å². The highest BCUT2D eigenvalue weighted by atomic mass is 79.9. The summed E-state index contributed by atoms with van der Waals surface area (Å²) in [6.45, 7) is 0.518. The number of hydrogen-bond acceptors (Lipinski definition) is 3. The molecule has 0 spiro atoms. The Morgan fingerprint density at radius 1 is 1.26 bits per heavy atom. The molecule has 1 aromatic carbocycles. The van der Waals surface area contributed by atoms with E-state index in [9.17, 15) is 4.79 Å². The summed E-state index contributed by atoms with van der Waals surface area (Å²) in [6.07, 6.45) is 3.44. The first kappa shape index (κ1) is 12.3. The SMILES string of the molecule is NC1C(=O)N(Cc2ccncc2)c2ccc(Br)cc21. The highest BCUT2D eigenvalue weighted by Crippen LogP contribution is 2.37. The van der Waals surface area contributed by atoms with Gasteiger partial charge in [0.2, 0.25) is 5.91 Å². The van der Waals surface area contributed by atoms with Crippen molar-refractivity contribution in [3.63, 3.8) is 0 Å². The van der Waals surface area contributed by atoms with Crippen molar-refractivity contribution in [2.24, 2.45) is 5.73 Å². The fourth-order valence-corrected chi connectivity index (χ4v) is 2.65. The van der Waals surface area contributed by atoms with Crippen molar-refractivity contribution in [3.8, 4) is 0 Å². The number of benzene rings is 1. The quantitative estimate of drug-likeness (QED) is 0.925. The standard InChI is InChI=1S/C14H12BrN3O/c15-10-1-2-12-11(7-10)13(16)14(19)18(12)8-9-3-5-17-6-4-9/h1-7,13H,8,16H2. The molecule has 1 amide bonds. The summed E-state index contributed by atoms with van der Waals surface area (Å²) >= 11 is 3.41. The van der Waals surface area contributed by atoms with Crippen LogP contribution in [0.25, 0.3) is 0 Å². The first-order chi connectivity index (χ1) is 9.16. The molecule has 1 unspecified atom stereocenters. The maximum Gasteiger partial charge on any atom is 0.248 e. The predicted molar refractivity (Wildman–Crippen MR) is 76.5 cm³/mol. The minimum Gasteiger partial charge on any atom is -0.316 e. The van der Waals surface area contributed by atoms with E-state index >= 15 is 0 Å². The van der Waals surface area contributed by atoms with Gasteiger partial charge in [0.25, 0.3) is 0 Å². The van der Waals surface area contributed by atoms with Gasteiger partial charge in [0, 0.05) is 28.1 Å². The van der Waals surface area contributed by atoms with Gasteiger partial charge in [-0.15, -0.1) is 0 Å². The Morgan fingerprint density at radius 3 is 2.74 bits per heavy atom. The Hall–Kier alpha value is -1.72. The van der Waals surface area contributed by atoms with Crippen LogP contribution >= 0.6 is 15.9 Å². The lowest BCUT2D eigenvalue weighted by Crippen LogP contribution is -2.31. The number of rotatable bonds is 2. The molecule has 19 heavy (non-hydrogen) atoms. The van der Waals surface area contributed by atoms with Gasteiger partial charge < -0.3 is 10.6 Å². The Morgan fingerprint density at radius 2 is 2.00 bits per heavy atom. The molecule has 1 aromatic heterocycles. The molecule has 0 bridgehead atoms. The largest absolute Gasteiger partial charge is 0.316 e. The summed E-state index contributed by atoms with van der Waals surface area (Å²) in [4.78, 5) is 17.9. The fraction of sp³-hybridized carbons (Fsp3) is 0.143. The van der Waals surface area contributed by atoms with Gasteiger partial charge in [-0.1, -0.05) is 15.9 Å². The van der Waals surface area contributed by atoms with Crippen LogP contribution in [-0.4, -0.2) is 10.9 Å². The second-order valence-electron chi connectivity index (χ2n) is 4.46. The minimum absolute atomic E-state index is 0.0649. The van der Waals surface area contributed by atoms with E-state index in [2.05, 4.69) is 20.9 Å². The van der Waals surface area contributed by atoms with E-state index < -0.39 is 6.04 Å². The summed E-state index contributed by atoms with van der Waals surface area (Å²) in [5.74, 6) is -0.0649. The summed E-state index contributed by atoms with van der Waals surface area (Å²) in [6, 6.07) is 8.97. The van der Waals surface area contributed by atoms with E-state index in [1.165, 1.54) is 0 Å². The van der Waals surface area contributed by atoms with Crippen LogP contribution < -0.4 is 10.6 Å². The average molecular weight is 318 g/mol. The minimum atomic E-state index is -0.575. The lowest BCUT2D eigenvalue weighted by atomic mass is 10.1. The molecular formula is C14H12BrN3O. The van der Waals surface area contributed by atoms with Crippen LogP contribution in [0.15, 0.2) is 47.2 Å². The van der Waals surface area contributed by atoms with Crippen molar-refractivity contribution in [3.05, 3.63) is 58.3 Å². The molecule has 4 nitrogen and oxygen atoms in total. The molecule has 0 saturated heterocycles. The van der Waals surface area contributed by atoms with Crippen LogP contribution in [0.4, 0.5) is 5.69 Å². The Kier molecular flexibility index (Phi) is 3.08. The molecule has 1 atom stereocenters. The second kappa shape index (κ2) is 4.75. The number of hydrogen-bond donors (Lipinski definition) is 1. The smallest absolute Gasteiger partial charge is 0.248 e. The molecule has 2 N–H and O–H groups in total. The van der Waals surface area contributed by atoms with Crippen LogP contribution in [0.3, 0.4) is 0 Å². The summed E-state index contributed by atoms with van der Waals surface area (Å²) in [5.41, 5.74) is 8.77. The number of anilines is 1. The second-order valence-corrected chi connectivity index (χ2v) is 5.38. The molecule has 0 aliphatic carbocycles. The molecule has 0 fully saturated rings. The van der Waals surface area contributed by atoms with Crippen molar-refractivity contribution >= 4 is 27.5 Å². The highest BCUT2D eigenvalue weighted by Gasteiger charge is 2.34. The molecule has 1 aliphatic rings. The van der Waals surface area contributed by atoms with Crippen molar-refractivity contribution in [2.75, 3.05) is 4.90 Å². The zero-order valence-corrected chi connectivity index (χ0v) is 11.7. The third-order valence-electron chi connectivity index (χ3n) is 3.24. The third kappa shape index (κ3) is 2.15. The number of pyridine rings is 1. The number of nitrogens with zero attached hydrogens (tertiary/aromatic N) is 2. The third-order valence-corrected chi connectivity index (χ3v) is 3.73. The number of carbonyl (C=O) groups excluding carboxylic acids is 1. The topological polar surface area (TPSA) is 59.2 Å². The first-order valence-electron chi connectivity index (χ1n) is 5.92. The molecule has 2 heterocycles. The number of amides is 1. The number of aromatic nitrogens is 1. The summed E-state index contributed by atoms with van der Waals surface area (Å²) in [5, 5.41) is 0. The lowest BCUT2D eigenvalue weighted by molar-refractivity contribution is -0.119.